The quantitative estimate of drug-likeness (QED) is 0.565. The molecule has 1 unspecified atom stereocenters. The molecule has 0 fully saturated rings. The van der Waals surface area contributed by atoms with E-state index in [0.29, 0.717) is 12.0 Å². The lowest BCUT2D eigenvalue weighted by atomic mass is 9.95. The molecule has 1 atom stereocenters. The van der Waals surface area contributed by atoms with Gasteiger partial charge in [0, 0.05) is 17.9 Å². The molecule has 3 heteroatoms. The number of rotatable bonds is 5. The van der Waals surface area contributed by atoms with Crippen molar-refractivity contribution in [2.45, 2.75) is 19.8 Å². The minimum Gasteiger partial charge on any atom is -0.469 e. The monoisotopic (exact) mass is 220 g/mol. The fourth-order valence-corrected chi connectivity index (χ4v) is 1.45. The molecule has 0 amide bonds. The van der Waals surface area contributed by atoms with Crippen LogP contribution in [-0.2, 0) is 9.53 Å². The summed E-state index contributed by atoms with van der Waals surface area (Å²) in [6, 6.07) is 9.12. The maximum absolute atomic E-state index is 11.9. The SMILES string of the molecule is COC(=O)CCC(C)C(=O)c1ccccc1. The fraction of sp³-hybridized carbons (Fsp3) is 0.385. The van der Waals surface area contributed by atoms with Gasteiger partial charge in [-0.1, -0.05) is 37.3 Å². The first-order valence-electron chi connectivity index (χ1n) is 5.31. The highest BCUT2D eigenvalue weighted by molar-refractivity contribution is 5.97. The Morgan fingerprint density at radius 1 is 1.25 bits per heavy atom. The molecular formula is C13H16O3. The fourth-order valence-electron chi connectivity index (χ4n) is 1.45. The van der Waals surface area contributed by atoms with Crippen LogP contribution in [0.1, 0.15) is 30.1 Å². The number of esters is 1. The van der Waals surface area contributed by atoms with E-state index in [9.17, 15) is 9.59 Å². The molecule has 0 N–H and O–H groups in total. The summed E-state index contributed by atoms with van der Waals surface area (Å²) in [5.74, 6) is -0.348. The van der Waals surface area contributed by atoms with Gasteiger partial charge >= 0.3 is 5.97 Å². The van der Waals surface area contributed by atoms with Crippen LogP contribution in [0.4, 0.5) is 0 Å². The van der Waals surface area contributed by atoms with E-state index < -0.39 is 0 Å². The van der Waals surface area contributed by atoms with Crippen LogP contribution >= 0.6 is 0 Å². The number of carbonyl (C=O) groups excluding carboxylic acids is 2. The summed E-state index contributed by atoms with van der Waals surface area (Å²) < 4.78 is 4.54. The summed E-state index contributed by atoms with van der Waals surface area (Å²) in [6.45, 7) is 1.83. The molecule has 3 nitrogen and oxygen atoms in total. The maximum atomic E-state index is 11.9. The highest BCUT2D eigenvalue weighted by atomic mass is 16.5. The van der Waals surface area contributed by atoms with E-state index in [0.717, 1.165) is 0 Å². The van der Waals surface area contributed by atoms with Crippen molar-refractivity contribution < 1.29 is 14.3 Å². The van der Waals surface area contributed by atoms with Crippen molar-refractivity contribution in [1.29, 1.82) is 0 Å². The van der Waals surface area contributed by atoms with E-state index >= 15 is 0 Å². The molecule has 1 aromatic rings. The predicted octanol–water partition coefficient (Wildman–Crippen LogP) is 2.46. The van der Waals surface area contributed by atoms with E-state index in [-0.39, 0.29) is 24.1 Å². The summed E-state index contributed by atoms with van der Waals surface area (Å²) in [5.41, 5.74) is 0.694. The first-order chi connectivity index (χ1) is 7.65. The van der Waals surface area contributed by atoms with Gasteiger partial charge in [0.1, 0.15) is 0 Å². The number of carbonyl (C=O) groups is 2. The number of Topliss-reactive ketones (excluding diaryl/α,β-unsaturated/α-hetero) is 1. The smallest absolute Gasteiger partial charge is 0.305 e. The molecule has 0 saturated heterocycles. The molecule has 0 spiro atoms. The Kier molecular flexibility index (Phi) is 4.70. The van der Waals surface area contributed by atoms with Crippen LogP contribution in [0.15, 0.2) is 30.3 Å². The first kappa shape index (κ1) is 12.4. The van der Waals surface area contributed by atoms with Crippen molar-refractivity contribution in [3.05, 3.63) is 35.9 Å². The Morgan fingerprint density at radius 2 is 1.88 bits per heavy atom. The van der Waals surface area contributed by atoms with Gasteiger partial charge in [0.15, 0.2) is 5.78 Å². The van der Waals surface area contributed by atoms with Crippen LogP contribution in [0.25, 0.3) is 0 Å². The van der Waals surface area contributed by atoms with Gasteiger partial charge in [0.25, 0.3) is 0 Å². The zero-order valence-corrected chi connectivity index (χ0v) is 9.60. The van der Waals surface area contributed by atoms with Crippen molar-refractivity contribution in [2.75, 3.05) is 7.11 Å². The van der Waals surface area contributed by atoms with Gasteiger partial charge in [0.2, 0.25) is 0 Å². The zero-order chi connectivity index (χ0) is 12.0. The molecule has 1 rings (SSSR count). The normalized spacial score (nSPS) is 11.9. The average molecular weight is 220 g/mol. The second-order valence-electron chi connectivity index (χ2n) is 3.75. The maximum Gasteiger partial charge on any atom is 0.305 e. The summed E-state index contributed by atoms with van der Waals surface area (Å²) in [5, 5.41) is 0. The zero-order valence-electron chi connectivity index (χ0n) is 9.60. The number of ketones is 1. The molecule has 0 heterocycles. The van der Waals surface area contributed by atoms with E-state index in [2.05, 4.69) is 4.74 Å². The highest BCUT2D eigenvalue weighted by Gasteiger charge is 2.16. The lowest BCUT2D eigenvalue weighted by molar-refractivity contribution is -0.140. The van der Waals surface area contributed by atoms with Gasteiger partial charge in [-0.05, 0) is 6.42 Å². The minimum atomic E-state index is -0.271. The van der Waals surface area contributed by atoms with Crippen LogP contribution in [0, 0.1) is 5.92 Å². The van der Waals surface area contributed by atoms with Crippen LogP contribution in [-0.4, -0.2) is 18.9 Å². The van der Waals surface area contributed by atoms with Gasteiger partial charge in [-0.2, -0.15) is 0 Å². The first-order valence-corrected chi connectivity index (χ1v) is 5.31. The third kappa shape index (κ3) is 3.50. The Morgan fingerprint density at radius 3 is 2.44 bits per heavy atom. The van der Waals surface area contributed by atoms with Crippen molar-refractivity contribution in [3.63, 3.8) is 0 Å². The number of hydrogen-bond donors (Lipinski definition) is 0. The van der Waals surface area contributed by atoms with E-state index in [1.807, 2.05) is 25.1 Å². The Labute approximate surface area is 95.4 Å². The van der Waals surface area contributed by atoms with Crippen LogP contribution in [0.2, 0.25) is 0 Å². The predicted molar refractivity (Wildman–Crippen MR) is 61.2 cm³/mol. The van der Waals surface area contributed by atoms with Crippen molar-refractivity contribution in [3.8, 4) is 0 Å². The molecule has 0 aliphatic heterocycles. The van der Waals surface area contributed by atoms with E-state index in [1.165, 1.54) is 7.11 Å². The van der Waals surface area contributed by atoms with Gasteiger partial charge in [0.05, 0.1) is 7.11 Å². The molecule has 0 radical (unpaired) electrons. The molecule has 0 bridgehead atoms. The van der Waals surface area contributed by atoms with Crippen LogP contribution < -0.4 is 0 Å². The molecular weight excluding hydrogens is 204 g/mol. The lowest BCUT2D eigenvalue weighted by Crippen LogP contribution is -2.13. The molecule has 0 aliphatic rings. The molecule has 16 heavy (non-hydrogen) atoms. The van der Waals surface area contributed by atoms with Gasteiger partial charge in [-0.15, -0.1) is 0 Å². The van der Waals surface area contributed by atoms with Crippen molar-refractivity contribution in [1.82, 2.24) is 0 Å². The second-order valence-corrected chi connectivity index (χ2v) is 3.75. The minimum absolute atomic E-state index is 0.0736. The molecule has 0 aromatic heterocycles. The van der Waals surface area contributed by atoms with Crippen molar-refractivity contribution >= 4 is 11.8 Å². The standard InChI is InChI=1S/C13H16O3/c1-10(8-9-12(14)16-2)13(15)11-6-4-3-5-7-11/h3-7,10H,8-9H2,1-2H3. The third-order valence-corrected chi connectivity index (χ3v) is 2.52. The molecule has 0 aliphatic carbocycles. The van der Waals surface area contributed by atoms with Gasteiger partial charge in [-0.25, -0.2) is 0 Å². The largest absolute Gasteiger partial charge is 0.469 e. The van der Waals surface area contributed by atoms with Crippen LogP contribution in [0.3, 0.4) is 0 Å². The second kappa shape index (κ2) is 6.05. The topological polar surface area (TPSA) is 43.4 Å². The summed E-state index contributed by atoms with van der Waals surface area (Å²) in [7, 11) is 1.35. The number of hydrogen-bond acceptors (Lipinski definition) is 3. The van der Waals surface area contributed by atoms with E-state index in [1.54, 1.807) is 12.1 Å². The Hall–Kier alpha value is -1.64. The average Bonchev–Trinajstić information content (AvgIpc) is 2.35. The molecule has 86 valence electrons. The number of ether oxygens (including phenoxy) is 1. The van der Waals surface area contributed by atoms with Crippen LogP contribution in [0.5, 0.6) is 0 Å². The van der Waals surface area contributed by atoms with Gasteiger partial charge in [-0.3, -0.25) is 9.59 Å². The lowest BCUT2D eigenvalue weighted by Gasteiger charge is -2.09. The highest BCUT2D eigenvalue weighted by Crippen LogP contribution is 2.13. The Balaban J connectivity index is 2.52. The van der Waals surface area contributed by atoms with E-state index in [4.69, 9.17) is 0 Å². The molecule has 0 saturated carbocycles. The van der Waals surface area contributed by atoms with Gasteiger partial charge < -0.3 is 4.74 Å². The molecule has 1 aromatic carbocycles. The Bertz CT molecular complexity index is 357. The number of methoxy groups -OCH3 is 1. The van der Waals surface area contributed by atoms with Crippen molar-refractivity contribution in [2.24, 2.45) is 5.92 Å². The third-order valence-electron chi connectivity index (χ3n) is 2.52. The summed E-state index contributed by atoms with van der Waals surface area (Å²) in [6.07, 6.45) is 0.816. The summed E-state index contributed by atoms with van der Waals surface area (Å²) in [4.78, 5) is 22.8. The number of benzene rings is 1. The summed E-state index contributed by atoms with van der Waals surface area (Å²) >= 11 is 0.